The predicted molar refractivity (Wildman–Crippen MR) is 54.2 cm³/mol. The van der Waals surface area contributed by atoms with Gasteiger partial charge in [-0.1, -0.05) is 18.2 Å². The molecule has 1 aromatic carbocycles. The van der Waals surface area contributed by atoms with Gasteiger partial charge in [-0.2, -0.15) is 5.26 Å². The molecule has 1 unspecified atom stereocenters. The summed E-state index contributed by atoms with van der Waals surface area (Å²) in [5.41, 5.74) is 0.219. The lowest BCUT2D eigenvalue weighted by molar-refractivity contribution is 0.606. The molecule has 0 saturated carbocycles. The van der Waals surface area contributed by atoms with Gasteiger partial charge >= 0.3 is 0 Å². The largest absolute Gasteiger partial charge is 0.207 e. The summed E-state index contributed by atoms with van der Waals surface area (Å²) in [6.45, 7) is 5.43. The lowest BCUT2D eigenvalue weighted by Crippen LogP contribution is -2.18. The van der Waals surface area contributed by atoms with Crippen LogP contribution < -0.4 is 0 Å². The van der Waals surface area contributed by atoms with Gasteiger partial charge in [0.2, 0.25) is 0 Å². The van der Waals surface area contributed by atoms with Crippen LogP contribution in [-0.2, 0) is 5.41 Å². The molecule has 1 atom stereocenters. The van der Waals surface area contributed by atoms with E-state index in [1.54, 1.807) is 18.2 Å². The van der Waals surface area contributed by atoms with Crippen LogP contribution in [0.2, 0.25) is 0 Å². The van der Waals surface area contributed by atoms with Gasteiger partial charge in [0, 0.05) is 0 Å². The highest BCUT2D eigenvalue weighted by atomic mass is 19.1. The number of rotatable bonds is 3. The van der Waals surface area contributed by atoms with Crippen molar-refractivity contribution in [1.29, 1.82) is 5.26 Å². The minimum atomic E-state index is -0.602. The number of halogens is 1. The van der Waals surface area contributed by atoms with E-state index in [2.05, 4.69) is 12.6 Å². The Balaban J connectivity index is 3.07. The molecule has 1 aromatic rings. The first-order chi connectivity index (χ1) is 6.62. The molecule has 0 saturated heterocycles. The normalized spacial score (nSPS) is 14.1. The van der Waals surface area contributed by atoms with Crippen molar-refractivity contribution in [3.8, 4) is 6.07 Å². The van der Waals surface area contributed by atoms with Crippen LogP contribution in [0.15, 0.2) is 36.9 Å². The van der Waals surface area contributed by atoms with Gasteiger partial charge in [-0.25, -0.2) is 4.39 Å². The molecular weight excluding hydrogens is 177 g/mol. The van der Waals surface area contributed by atoms with Crippen LogP contribution in [-0.4, -0.2) is 0 Å². The molecule has 0 radical (unpaired) electrons. The Hall–Kier alpha value is -1.62. The Morgan fingerprint density at radius 1 is 1.50 bits per heavy atom. The zero-order chi connectivity index (χ0) is 10.6. The van der Waals surface area contributed by atoms with Gasteiger partial charge in [-0.3, -0.25) is 0 Å². The van der Waals surface area contributed by atoms with E-state index >= 15 is 0 Å². The summed E-state index contributed by atoms with van der Waals surface area (Å²) in [6.07, 6.45) is 2.27. The van der Waals surface area contributed by atoms with Crippen molar-refractivity contribution in [3.05, 3.63) is 48.3 Å². The minimum Gasteiger partial charge on any atom is -0.207 e. The zero-order valence-corrected chi connectivity index (χ0v) is 8.13. The lowest BCUT2D eigenvalue weighted by atomic mass is 9.81. The maximum Gasteiger partial charge on any atom is 0.123 e. The van der Waals surface area contributed by atoms with Gasteiger partial charge in [0.1, 0.15) is 5.82 Å². The van der Waals surface area contributed by atoms with Gasteiger partial charge in [0.25, 0.3) is 0 Å². The minimum absolute atomic E-state index is 0.285. The summed E-state index contributed by atoms with van der Waals surface area (Å²) >= 11 is 0. The summed E-state index contributed by atoms with van der Waals surface area (Å²) in [5, 5.41) is 9.05. The maximum atomic E-state index is 12.7. The molecule has 0 aliphatic carbocycles. The van der Waals surface area contributed by atoms with Crippen molar-refractivity contribution in [2.45, 2.75) is 18.8 Å². The summed E-state index contributed by atoms with van der Waals surface area (Å²) < 4.78 is 12.7. The number of benzene rings is 1. The highest BCUT2D eigenvalue weighted by Crippen LogP contribution is 2.27. The van der Waals surface area contributed by atoms with Crippen molar-refractivity contribution in [2.24, 2.45) is 0 Å². The molecule has 14 heavy (non-hydrogen) atoms. The van der Waals surface area contributed by atoms with E-state index in [1.807, 2.05) is 6.92 Å². The Morgan fingerprint density at radius 2 is 2.07 bits per heavy atom. The van der Waals surface area contributed by atoms with E-state index in [-0.39, 0.29) is 5.82 Å². The van der Waals surface area contributed by atoms with Crippen molar-refractivity contribution < 1.29 is 4.39 Å². The van der Waals surface area contributed by atoms with Crippen LogP contribution in [0.25, 0.3) is 0 Å². The second-order valence-electron chi connectivity index (χ2n) is 3.44. The SMILES string of the molecule is C=CCC(C)(C#N)c1ccc(F)cc1. The fourth-order valence-electron chi connectivity index (χ4n) is 1.33. The Bertz CT molecular complexity index is 361. The summed E-state index contributed by atoms with van der Waals surface area (Å²) in [7, 11) is 0. The summed E-state index contributed by atoms with van der Waals surface area (Å²) in [6, 6.07) is 8.24. The molecule has 0 bridgehead atoms. The van der Waals surface area contributed by atoms with Crippen molar-refractivity contribution in [1.82, 2.24) is 0 Å². The lowest BCUT2D eigenvalue weighted by Gasteiger charge is -2.19. The first-order valence-electron chi connectivity index (χ1n) is 4.40. The van der Waals surface area contributed by atoms with Gasteiger partial charge in [-0.15, -0.1) is 6.58 Å². The number of nitriles is 1. The average molecular weight is 189 g/mol. The average Bonchev–Trinajstić information content (AvgIpc) is 2.19. The van der Waals surface area contributed by atoms with Crippen LogP contribution in [0, 0.1) is 17.1 Å². The first-order valence-corrected chi connectivity index (χ1v) is 4.40. The molecule has 0 aliphatic rings. The molecule has 0 spiro atoms. The van der Waals surface area contributed by atoms with E-state index in [0.29, 0.717) is 6.42 Å². The summed E-state index contributed by atoms with van der Waals surface area (Å²) in [5.74, 6) is -0.285. The molecule has 0 aliphatic heterocycles. The molecule has 2 heteroatoms. The van der Waals surface area contributed by atoms with Crippen LogP contribution in [0.5, 0.6) is 0 Å². The van der Waals surface area contributed by atoms with Crippen LogP contribution >= 0.6 is 0 Å². The third-order valence-corrected chi connectivity index (χ3v) is 2.28. The number of hydrogen-bond donors (Lipinski definition) is 0. The van der Waals surface area contributed by atoms with E-state index in [0.717, 1.165) is 5.56 Å². The quantitative estimate of drug-likeness (QED) is 0.670. The molecule has 0 amide bonds. The molecule has 0 N–H and O–H groups in total. The van der Waals surface area contributed by atoms with Gasteiger partial charge in [0.15, 0.2) is 0 Å². The highest BCUT2D eigenvalue weighted by molar-refractivity contribution is 5.32. The third kappa shape index (κ3) is 2.00. The number of allylic oxidation sites excluding steroid dienone is 1. The molecular formula is C12H12FN. The van der Waals surface area contributed by atoms with Crippen molar-refractivity contribution >= 4 is 0 Å². The number of nitrogens with zero attached hydrogens (tertiary/aromatic N) is 1. The molecule has 0 fully saturated rings. The standard InChI is InChI=1S/C12H12FN/c1-3-8-12(2,9-14)10-4-6-11(13)7-5-10/h3-7H,1,8H2,2H3. The second kappa shape index (κ2) is 4.06. The molecule has 1 rings (SSSR count). The fraction of sp³-hybridized carbons (Fsp3) is 0.250. The topological polar surface area (TPSA) is 23.8 Å². The first kappa shape index (κ1) is 10.5. The van der Waals surface area contributed by atoms with E-state index in [9.17, 15) is 4.39 Å². The Kier molecular flexibility index (Phi) is 3.03. The predicted octanol–water partition coefficient (Wildman–Crippen LogP) is 3.18. The zero-order valence-electron chi connectivity index (χ0n) is 8.13. The smallest absolute Gasteiger partial charge is 0.123 e. The maximum absolute atomic E-state index is 12.7. The van der Waals surface area contributed by atoms with Gasteiger partial charge in [-0.05, 0) is 31.0 Å². The summed E-state index contributed by atoms with van der Waals surface area (Å²) in [4.78, 5) is 0. The number of hydrogen-bond acceptors (Lipinski definition) is 1. The van der Waals surface area contributed by atoms with Crippen LogP contribution in [0.4, 0.5) is 4.39 Å². The van der Waals surface area contributed by atoms with E-state index in [4.69, 9.17) is 5.26 Å². The van der Waals surface area contributed by atoms with Crippen molar-refractivity contribution in [2.75, 3.05) is 0 Å². The second-order valence-corrected chi connectivity index (χ2v) is 3.44. The van der Waals surface area contributed by atoms with E-state index < -0.39 is 5.41 Å². The Labute approximate surface area is 83.5 Å². The van der Waals surface area contributed by atoms with E-state index in [1.165, 1.54) is 12.1 Å². The van der Waals surface area contributed by atoms with Gasteiger partial charge < -0.3 is 0 Å². The molecule has 72 valence electrons. The molecule has 0 aromatic heterocycles. The van der Waals surface area contributed by atoms with Crippen LogP contribution in [0.3, 0.4) is 0 Å². The fourth-order valence-corrected chi connectivity index (χ4v) is 1.33. The highest BCUT2D eigenvalue weighted by Gasteiger charge is 2.24. The van der Waals surface area contributed by atoms with Crippen molar-refractivity contribution in [3.63, 3.8) is 0 Å². The molecule has 0 heterocycles. The van der Waals surface area contributed by atoms with Gasteiger partial charge in [0.05, 0.1) is 11.5 Å². The molecule has 1 nitrogen and oxygen atoms in total. The third-order valence-electron chi connectivity index (χ3n) is 2.28. The monoisotopic (exact) mass is 189 g/mol. The van der Waals surface area contributed by atoms with Crippen LogP contribution in [0.1, 0.15) is 18.9 Å². The Morgan fingerprint density at radius 3 is 2.50 bits per heavy atom.